The summed E-state index contributed by atoms with van der Waals surface area (Å²) >= 11 is 0. The van der Waals surface area contributed by atoms with E-state index in [9.17, 15) is 4.79 Å². The Bertz CT molecular complexity index is 485. The highest BCUT2D eigenvalue weighted by atomic mass is 16.5. The van der Waals surface area contributed by atoms with Gasteiger partial charge in [-0.1, -0.05) is 17.7 Å². The van der Waals surface area contributed by atoms with Crippen LogP contribution in [0.25, 0.3) is 5.57 Å². The Morgan fingerprint density at radius 1 is 1.15 bits per heavy atom. The van der Waals surface area contributed by atoms with E-state index in [2.05, 4.69) is 12.1 Å². The lowest BCUT2D eigenvalue weighted by Crippen LogP contribution is -2.09. The monoisotopic (exact) mass is 274 g/mol. The van der Waals surface area contributed by atoms with Crippen LogP contribution in [-0.2, 0) is 9.53 Å². The van der Waals surface area contributed by atoms with Crippen LogP contribution in [0.15, 0.2) is 29.8 Å². The highest BCUT2D eigenvalue weighted by molar-refractivity contribution is 5.79. The van der Waals surface area contributed by atoms with Crippen molar-refractivity contribution in [2.75, 3.05) is 13.7 Å². The van der Waals surface area contributed by atoms with Crippen LogP contribution in [0.1, 0.15) is 44.6 Å². The van der Waals surface area contributed by atoms with Gasteiger partial charge in [0.25, 0.3) is 0 Å². The zero-order valence-electron chi connectivity index (χ0n) is 12.3. The largest absolute Gasteiger partial charge is 0.497 e. The Labute approximate surface area is 120 Å². The number of ether oxygens (including phenoxy) is 2. The molecule has 0 atom stereocenters. The van der Waals surface area contributed by atoms with Gasteiger partial charge in [-0.15, -0.1) is 0 Å². The van der Waals surface area contributed by atoms with Crippen LogP contribution in [0.3, 0.4) is 0 Å². The summed E-state index contributed by atoms with van der Waals surface area (Å²) in [6, 6.07) is 8.09. The number of carbonyl (C=O) groups excluding carboxylic acids is 1. The van der Waals surface area contributed by atoms with E-state index in [0.29, 0.717) is 13.0 Å². The number of rotatable bonds is 5. The first kappa shape index (κ1) is 14.6. The molecule has 20 heavy (non-hydrogen) atoms. The summed E-state index contributed by atoms with van der Waals surface area (Å²) < 4.78 is 10.3. The van der Waals surface area contributed by atoms with Gasteiger partial charge in [0.1, 0.15) is 5.75 Å². The molecule has 1 aromatic rings. The van der Waals surface area contributed by atoms with Crippen molar-refractivity contribution in [1.29, 1.82) is 0 Å². The maximum Gasteiger partial charge on any atom is 0.309 e. The van der Waals surface area contributed by atoms with E-state index in [4.69, 9.17) is 9.47 Å². The minimum Gasteiger partial charge on any atom is -0.497 e. The van der Waals surface area contributed by atoms with Crippen LogP contribution in [0, 0.1) is 0 Å². The Balaban J connectivity index is 2.22. The van der Waals surface area contributed by atoms with Crippen molar-refractivity contribution in [2.45, 2.75) is 39.0 Å². The molecule has 1 aliphatic rings. The minimum absolute atomic E-state index is 0.115. The SMILES string of the molecule is CCOC(=O)CC1=C(c2ccc(OC)cc2)CCCC1. The molecular formula is C17H22O3. The fraction of sp³-hybridized carbons (Fsp3) is 0.471. The summed E-state index contributed by atoms with van der Waals surface area (Å²) in [7, 11) is 1.67. The van der Waals surface area contributed by atoms with Crippen LogP contribution < -0.4 is 4.74 Å². The van der Waals surface area contributed by atoms with Gasteiger partial charge < -0.3 is 9.47 Å². The van der Waals surface area contributed by atoms with E-state index >= 15 is 0 Å². The lowest BCUT2D eigenvalue weighted by Gasteiger charge is -2.20. The van der Waals surface area contributed by atoms with Gasteiger partial charge in [-0.2, -0.15) is 0 Å². The molecule has 1 aliphatic carbocycles. The fourth-order valence-electron chi connectivity index (χ4n) is 2.69. The van der Waals surface area contributed by atoms with Crippen LogP contribution in [0.4, 0.5) is 0 Å². The van der Waals surface area contributed by atoms with E-state index in [1.165, 1.54) is 23.1 Å². The molecule has 0 heterocycles. The third-order valence-electron chi connectivity index (χ3n) is 3.68. The van der Waals surface area contributed by atoms with Crippen molar-refractivity contribution in [1.82, 2.24) is 0 Å². The quantitative estimate of drug-likeness (QED) is 0.762. The molecule has 108 valence electrons. The maximum atomic E-state index is 11.7. The molecule has 0 saturated carbocycles. The summed E-state index contributed by atoms with van der Waals surface area (Å²) in [5.41, 5.74) is 3.75. The molecule has 0 N–H and O–H groups in total. The lowest BCUT2D eigenvalue weighted by molar-refractivity contribution is -0.142. The van der Waals surface area contributed by atoms with Crippen LogP contribution in [0.5, 0.6) is 5.75 Å². The van der Waals surface area contributed by atoms with Crippen molar-refractivity contribution in [3.8, 4) is 5.75 Å². The first-order chi connectivity index (χ1) is 9.74. The van der Waals surface area contributed by atoms with E-state index in [1.54, 1.807) is 7.11 Å². The zero-order chi connectivity index (χ0) is 14.4. The first-order valence-corrected chi connectivity index (χ1v) is 7.25. The predicted molar refractivity (Wildman–Crippen MR) is 79.6 cm³/mol. The van der Waals surface area contributed by atoms with E-state index in [0.717, 1.165) is 25.0 Å². The molecule has 0 radical (unpaired) electrons. The van der Waals surface area contributed by atoms with E-state index in [-0.39, 0.29) is 5.97 Å². The van der Waals surface area contributed by atoms with Crippen LogP contribution in [0.2, 0.25) is 0 Å². The molecular weight excluding hydrogens is 252 g/mol. The number of esters is 1. The molecule has 2 rings (SSSR count). The topological polar surface area (TPSA) is 35.5 Å². The second-order valence-electron chi connectivity index (χ2n) is 5.00. The third-order valence-corrected chi connectivity index (χ3v) is 3.68. The molecule has 0 aromatic heterocycles. The zero-order valence-corrected chi connectivity index (χ0v) is 12.3. The molecule has 0 spiro atoms. The summed E-state index contributed by atoms with van der Waals surface area (Å²) in [5.74, 6) is 0.743. The second kappa shape index (κ2) is 7.13. The molecule has 0 aliphatic heterocycles. The number of carbonyl (C=O) groups is 1. The van der Waals surface area contributed by atoms with Gasteiger partial charge in [-0.3, -0.25) is 4.79 Å². The van der Waals surface area contributed by atoms with E-state index < -0.39 is 0 Å². The average molecular weight is 274 g/mol. The molecule has 0 bridgehead atoms. The Hall–Kier alpha value is -1.77. The number of benzene rings is 1. The lowest BCUT2D eigenvalue weighted by atomic mass is 9.86. The minimum atomic E-state index is -0.115. The van der Waals surface area contributed by atoms with Gasteiger partial charge in [0.15, 0.2) is 0 Å². The number of hydrogen-bond acceptors (Lipinski definition) is 3. The molecule has 0 saturated heterocycles. The molecule has 3 heteroatoms. The summed E-state index contributed by atoms with van der Waals surface area (Å²) in [6.07, 6.45) is 4.82. The third kappa shape index (κ3) is 3.62. The first-order valence-electron chi connectivity index (χ1n) is 7.25. The maximum absolute atomic E-state index is 11.7. The summed E-state index contributed by atoms with van der Waals surface area (Å²) in [4.78, 5) is 11.7. The normalized spacial score (nSPS) is 15.1. The van der Waals surface area contributed by atoms with Gasteiger partial charge in [-0.05, 0) is 55.9 Å². The smallest absolute Gasteiger partial charge is 0.309 e. The van der Waals surface area contributed by atoms with Crippen molar-refractivity contribution in [2.24, 2.45) is 0 Å². The number of allylic oxidation sites excluding steroid dienone is 1. The van der Waals surface area contributed by atoms with Gasteiger partial charge in [0, 0.05) is 0 Å². The van der Waals surface area contributed by atoms with Gasteiger partial charge in [-0.25, -0.2) is 0 Å². The van der Waals surface area contributed by atoms with Crippen LogP contribution in [-0.4, -0.2) is 19.7 Å². The summed E-state index contributed by atoms with van der Waals surface area (Å²) in [5, 5.41) is 0. The summed E-state index contributed by atoms with van der Waals surface area (Å²) in [6.45, 7) is 2.29. The van der Waals surface area contributed by atoms with Crippen molar-refractivity contribution >= 4 is 11.5 Å². The number of hydrogen-bond donors (Lipinski definition) is 0. The average Bonchev–Trinajstić information content (AvgIpc) is 2.48. The van der Waals surface area contributed by atoms with Crippen molar-refractivity contribution < 1.29 is 14.3 Å². The highest BCUT2D eigenvalue weighted by Gasteiger charge is 2.17. The number of methoxy groups -OCH3 is 1. The highest BCUT2D eigenvalue weighted by Crippen LogP contribution is 2.34. The fourth-order valence-corrected chi connectivity index (χ4v) is 2.69. The van der Waals surface area contributed by atoms with Crippen molar-refractivity contribution in [3.05, 3.63) is 35.4 Å². The molecule has 0 unspecified atom stereocenters. The molecule has 3 nitrogen and oxygen atoms in total. The molecule has 0 fully saturated rings. The Kier molecular flexibility index (Phi) is 5.22. The van der Waals surface area contributed by atoms with Gasteiger partial charge in [0.05, 0.1) is 20.1 Å². The molecule has 1 aromatic carbocycles. The van der Waals surface area contributed by atoms with Crippen LogP contribution >= 0.6 is 0 Å². The Morgan fingerprint density at radius 3 is 2.50 bits per heavy atom. The molecule has 0 amide bonds. The van der Waals surface area contributed by atoms with Crippen molar-refractivity contribution in [3.63, 3.8) is 0 Å². The standard InChI is InChI=1S/C17H22O3/c1-3-20-17(18)12-14-6-4-5-7-16(14)13-8-10-15(19-2)11-9-13/h8-11H,3-7,12H2,1-2H3. The predicted octanol–water partition coefficient (Wildman–Crippen LogP) is 3.98. The van der Waals surface area contributed by atoms with E-state index in [1.807, 2.05) is 19.1 Å². The second-order valence-corrected chi connectivity index (χ2v) is 5.00. The van der Waals surface area contributed by atoms with Gasteiger partial charge in [0.2, 0.25) is 0 Å². The van der Waals surface area contributed by atoms with Gasteiger partial charge >= 0.3 is 5.97 Å². The Morgan fingerprint density at radius 2 is 1.85 bits per heavy atom.